The summed E-state index contributed by atoms with van der Waals surface area (Å²) >= 11 is 0. The van der Waals surface area contributed by atoms with Crippen molar-refractivity contribution in [3.8, 4) is 0 Å². The van der Waals surface area contributed by atoms with Gasteiger partial charge >= 0.3 is 5.97 Å². The molecule has 1 unspecified atom stereocenters. The van der Waals surface area contributed by atoms with Crippen LogP contribution >= 0.6 is 0 Å². The van der Waals surface area contributed by atoms with E-state index in [4.69, 9.17) is 10.8 Å². The summed E-state index contributed by atoms with van der Waals surface area (Å²) in [5.74, 6) is -0.924. The van der Waals surface area contributed by atoms with Crippen LogP contribution < -0.4 is 5.73 Å². The van der Waals surface area contributed by atoms with Gasteiger partial charge in [-0.25, -0.2) is 0 Å². The molecule has 0 fully saturated rings. The summed E-state index contributed by atoms with van der Waals surface area (Å²) in [6.45, 7) is 1.96. The second-order valence-electron chi connectivity index (χ2n) is 3.61. The third-order valence-corrected chi connectivity index (χ3v) is 2.17. The number of rotatable bonds is 6. The number of hydrogen-bond donors (Lipinski definition) is 2. The Morgan fingerprint density at radius 1 is 1.54 bits per heavy atom. The fourth-order valence-corrected chi connectivity index (χ4v) is 1.13. The SMILES string of the molecule is CC1(CCCCC(N)C(=O)O)N=N1. The first-order valence-electron chi connectivity index (χ1n) is 4.46. The number of nitrogens with two attached hydrogens (primary N) is 1. The molecule has 0 bridgehead atoms. The van der Waals surface area contributed by atoms with Gasteiger partial charge in [-0.1, -0.05) is 6.42 Å². The van der Waals surface area contributed by atoms with Crippen LogP contribution in [0.25, 0.3) is 0 Å². The van der Waals surface area contributed by atoms with Crippen LogP contribution in [0.1, 0.15) is 32.6 Å². The van der Waals surface area contributed by atoms with Gasteiger partial charge in [-0.3, -0.25) is 4.79 Å². The van der Waals surface area contributed by atoms with E-state index in [2.05, 4.69) is 10.2 Å². The lowest BCUT2D eigenvalue weighted by atomic mass is 10.0. The lowest BCUT2D eigenvalue weighted by Crippen LogP contribution is -2.29. The van der Waals surface area contributed by atoms with Crippen LogP contribution in [0.3, 0.4) is 0 Å². The molecular formula is C8H15N3O2. The summed E-state index contributed by atoms with van der Waals surface area (Å²) in [5.41, 5.74) is 5.18. The molecule has 0 radical (unpaired) electrons. The summed E-state index contributed by atoms with van der Waals surface area (Å²) in [4.78, 5) is 10.3. The highest BCUT2D eigenvalue weighted by atomic mass is 16.4. The summed E-state index contributed by atoms with van der Waals surface area (Å²) in [5, 5.41) is 16.2. The number of hydrogen-bond acceptors (Lipinski definition) is 4. The van der Waals surface area contributed by atoms with E-state index in [9.17, 15) is 4.79 Å². The van der Waals surface area contributed by atoms with Gasteiger partial charge in [0.2, 0.25) is 0 Å². The van der Waals surface area contributed by atoms with E-state index < -0.39 is 12.0 Å². The van der Waals surface area contributed by atoms with E-state index in [1.807, 2.05) is 6.92 Å². The molecule has 74 valence electrons. The van der Waals surface area contributed by atoms with Crippen molar-refractivity contribution in [2.75, 3.05) is 0 Å². The summed E-state index contributed by atoms with van der Waals surface area (Å²) in [6, 6.07) is -0.721. The van der Waals surface area contributed by atoms with Gasteiger partial charge < -0.3 is 10.8 Å². The van der Waals surface area contributed by atoms with Crippen molar-refractivity contribution in [3.05, 3.63) is 0 Å². The van der Waals surface area contributed by atoms with Gasteiger partial charge in [0.05, 0.1) is 0 Å². The molecule has 0 amide bonds. The van der Waals surface area contributed by atoms with E-state index in [0.717, 1.165) is 19.3 Å². The van der Waals surface area contributed by atoms with E-state index >= 15 is 0 Å². The minimum Gasteiger partial charge on any atom is -0.480 e. The zero-order valence-electron chi connectivity index (χ0n) is 7.73. The monoisotopic (exact) mass is 185 g/mol. The molecule has 1 aliphatic rings. The molecule has 1 aliphatic heterocycles. The van der Waals surface area contributed by atoms with Crippen LogP contribution in [0.5, 0.6) is 0 Å². The Morgan fingerprint density at radius 2 is 2.15 bits per heavy atom. The third kappa shape index (κ3) is 3.50. The van der Waals surface area contributed by atoms with Crippen LogP contribution in [0.2, 0.25) is 0 Å². The first-order valence-corrected chi connectivity index (χ1v) is 4.46. The fourth-order valence-electron chi connectivity index (χ4n) is 1.13. The van der Waals surface area contributed by atoms with Gasteiger partial charge in [0.1, 0.15) is 6.04 Å². The quantitative estimate of drug-likeness (QED) is 0.608. The molecule has 1 heterocycles. The molecular weight excluding hydrogens is 170 g/mol. The Bertz CT molecular complexity index is 221. The summed E-state index contributed by atoms with van der Waals surface area (Å²) in [6.07, 6.45) is 3.20. The van der Waals surface area contributed by atoms with Gasteiger partial charge in [-0.2, -0.15) is 10.2 Å². The number of carboxylic acid groups (broad SMARTS) is 1. The van der Waals surface area contributed by atoms with Gasteiger partial charge in [0.15, 0.2) is 5.66 Å². The lowest BCUT2D eigenvalue weighted by molar-refractivity contribution is -0.138. The van der Waals surface area contributed by atoms with E-state index in [1.165, 1.54) is 0 Å². The van der Waals surface area contributed by atoms with E-state index in [1.54, 1.807) is 0 Å². The molecule has 0 aromatic rings. The van der Waals surface area contributed by atoms with Crippen molar-refractivity contribution in [2.45, 2.75) is 44.3 Å². The minimum absolute atomic E-state index is 0.159. The summed E-state index contributed by atoms with van der Waals surface area (Å²) < 4.78 is 0. The molecule has 0 saturated heterocycles. The Morgan fingerprint density at radius 3 is 2.62 bits per heavy atom. The number of unbranched alkanes of at least 4 members (excludes halogenated alkanes) is 1. The highest BCUT2D eigenvalue weighted by Crippen LogP contribution is 2.32. The lowest BCUT2D eigenvalue weighted by Gasteiger charge is -2.06. The Labute approximate surface area is 77.0 Å². The molecule has 5 nitrogen and oxygen atoms in total. The zero-order valence-corrected chi connectivity index (χ0v) is 7.73. The van der Waals surface area contributed by atoms with Crippen molar-refractivity contribution < 1.29 is 9.90 Å². The Balaban J connectivity index is 1.98. The third-order valence-electron chi connectivity index (χ3n) is 2.17. The maximum absolute atomic E-state index is 10.3. The van der Waals surface area contributed by atoms with Crippen molar-refractivity contribution in [3.63, 3.8) is 0 Å². The normalized spacial score (nSPS) is 19.8. The predicted molar refractivity (Wildman–Crippen MR) is 47.3 cm³/mol. The van der Waals surface area contributed by atoms with Crippen LogP contribution in [0.4, 0.5) is 0 Å². The maximum Gasteiger partial charge on any atom is 0.320 e. The minimum atomic E-state index is -0.924. The van der Waals surface area contributed by atoms with E-state index in [0.29, 0.717) is 6.42 Å². The molecule has 13 heavy (non-hydrogen) atoms. The average Bonchev–Trinajstić information content (AvgIpc) is 2.78. The number of carbonyl (C=O) groups is 1. The van der Waals surface area contributed by atoms with Crippen molar-refractivity contribution in [1.82, 2.24) is 0 Å². The van der Waals surface area contributed by atoms with Crippen LogP contribution in [0, 0.1) is 0 Å². The molecule has 0 saturated carbocycles. The van der Waals surface area contributed by atoms with Crippen molar-refractivity contribution in [1.29, 1.82) is 0 Å². The Kier molecular flexibility index (Phi) is 2.98. The molecule has 0 spiro atoms. The molecule has 0 aromatic carbocycles. The molecule has 0 aliphatic carbocycles. The van der Waals surface area contributed by atoms with Crippen molar-refractivity contribution >= 4 is 5.97 Å². The van der Waals surface area contributed by atoms with Crippen LogP contribution in [-0.4, -0.2) is 22.8 Å². The first-order chi connectivity index (χ1) is 6.03. The Hall–Kier alpha value is -0.970. The topological polar surface area (TPSA) is 88.0 Å². The first kappa shape index (κ1) is 10.1. The molecule has 1 rings (SSSR count). The molecule has 3 N–H and O–H groups in total. The maximum atomic E-state index is 10.3. The van der Waals surface area contributed by atoms with Gasteiger partial charge in [-0.15, -0.1) is 0 Å². The van der Waals surface area contributed by atoms with E-state index in [-0.39, 0.29) is 5.66 Å². The molecule has 0 aromatic heterocycles. The standard InChI is InChI=1S/C8H15N3O2/c1-8(10-11-8)5-3-2-4-6(9)7(12)13/h6H,2-5,9H2,1H3,(H,12,13). The fraction of sp³-hybridized carbons (Fsp3) is 0.875. The van der Waals surface area contributed by atoms with Crippen LogP contribution in [-0.2, 0) is 4.79 Å². The van der Waals surface area contributed by atoms with Gasteiger partial charge in [0.25, 0.3) is 0 Å². The largest absolute Gasteiger partial charge is 0.480 e. The molecule has 5 heteroatoms. The predicted octanol–water partition coefficient (Wildman–Crippen LogP) is 1.14. The van der Waals surface area contributed by atoms with Gasteiger partial charge in [-0.05, 0) is 26.2 Å². The average molecular weight is 185 g/mol. The summed E-state index contributed by atoms with van der Waals surface area (Å²) in [7, 11) is 0. The zero-order chi connectivity index (χ0) is 9.90. The van der Waals surface area contributed by atoms with Gasteiger partial charge in [0, 0.05) is 0 Å². The molecule has 1 atom stereocenters. The highest BCUT2D eigenvalue weighted by Gasteiger charge is 2.32. The number of aliphatic carboxylic acids is 1. The number of nitrogens with zero attached hydrogens (tertiary/aromatic N) is 2. The second-order valence-corrected chi connectivity index (χ2v) is 3.61. The smallest absolute Gasteiger partial charge is 0.320 e. The van der Waals surface area contributed by atoms with Crippen molar-refractivity contribution in [2.24, 2.45) is 16.0 Å². The van der Waals surface area contributed by atoms with Crippen LogP contribution in [0.15, 0.2) is 10.2 Å². The second kappa shape index (κ2) is 3.83. The number of carboxylic acids is 1. The highest BCUT2D eigenvalue weighted by molar-refractivity contribution is 5.72.